The summed E-state index contributed by atoms with van der Waals surface area (Å²) in [4.78, 5) is 49.1. The number of methoxy groups -OCH3 is 1. The predicted octanol–water partition coefficient (Wildman–Crippen LogP) is 1.04. The number of nitrogens with one attached hydrogen (secondary N) is 2. The van der Waals surface area contributed by atoms with E-state index >= 15 is 0 Å². The van der Waals surface area contributed by atoms with Crippen LogP contribution in [0.25, 0.3) is 11.1 Å². The van der Waals surface area contributed by atoms with E-state index in [-0.39, 0.29) is 12.5 Å². The van der Waals surface area contributed by atoms with Crippen LogP contribution in [-0.4, -0.2) is 59.7 Å². The van der Waals surface area contributed by atoms with Crippen molar-refractivity contribution >= 4 is 23.7 Å². The number of amides is 4. The Morgan fingerprint density at radius 1 is 1.19 bits per heavy atom. The van der Waals surface area contributed by atoms with Crippen LogP contribution in [0.4, 0.5) is 10.6 Å². The molecule has 0 unspecified atom stereocenters. The highest BCUT2D eigenvalue weighted by molar-refractivity contribution is 6.20. The van der Waals surface area contributed by atoms with Gasteiger partial charge in [0.05, 0.1) is 25.4 Å². The fraction of sp³-hybridized carbons (Fsp3) is 0.409. The maximum absolute atomic E-state index is 13.2. The average Bonchev–Trinajstić information content (AvgIpc) is 2.76. The van der Waals surface area contributed by atoms with Crippen LogP contribution in [0.2, 0.25) is 0 Å². The van der Waals surface area contributed by atoms with E-state index in [4.69, 9.17) is 14.5 Å². The number of fused-ring (bicyclic) bond motifs is 4. The predicted molar refractivity (Wildman–Crippen MR) is 113 cm³/mol. The molecule has 2 N–H and O–H groups in total. The number of hydrogen-bond donors (Lipinski definition) is 2. The number of carbonyl (C=O) groups is 3. The summed E-state index contributed by atoms with van der Waals surface area (Å²) in [7, 11) is 1.58. The fourth-order valence-corrected chi connectivity index (χ4v) is 5.23. The normalized spacial score (nSPS) is 26.2. The first-order chi connectivity index (χ1) is 15.3. The molecule has 10 nitrogen and oxygen atoms in total. The minimum absolute atomic E-state index is 0.0833. The van der Waals surface area contributed by atoms with Gasteiger partial charge in [0.2, 0.25) is 11.8 Å². The molecule has 3 atom stereocenters. The van der Waals surface area contributed by atoms with Crippen LogP contribution in [0, 0.1) is 5.41 Å². The lowest BCUT2D eigenvalue weighted by Gasteiger charge is -2.54. The van der Waals surface area contributed by atoms with Crippen LogP contribution in [-0.2, 0) is 20.7 Å². The molecule has 32 heavy (non-hydrogen) atoms. The molecule has 0 saturated carbocycles. The Kier molecular flexibility index (Phi) is 4.63. The number of hydrogen-bond acceptors (Lipinski definition) is 8. The third-order valence-corrected chi connectivity index (χ3v) is 6.45. The zero-order chi connectivity index (χ0) is 22.6. The first-order valence-electron chi connectivity index (χ1n) is 10.4. The van der Waals surface area contributed by atoms with Gasteiger partial charge in [-0.1, -0.05) is 0 Å². The molecule has 0 aromatic carbocycles. The molecule has 10 heteroatoms. The standard InChI is InChI=1S/C22H23N5O5/c1-11-10-27-17(12(2)32-11)22(19(28)25-21(30)26-20(22)29)7-13-6-14(8-24-18(13)27)15-9-23-5-4-16(15)31-3/h4-6,8-9,11-12,17H,7,10H2,1-3H3,(H2,25,26,28,29,30)/t11-,12+,17-/m1/s1. The van der Waals surface area contributed by atoms with E-state index in [0.29, 0.717) is 18.1 Å². The number of ether oxygens (including phenoxy) is 2. The van der Waals surface area contributed by atoms with Gasteiger partial charge in [0.1, 0.15) is 11.6 Å². The van der Waals surface area contributed by atoms with E-state index in [9.17, 15) is 14.4 Å². The molecule has 0 bridgehead atoms. The summed E-state index contributed by atoms with van der Waals surface area (Å²) in [6.07, 6.45) is 4.58. The summed E-state index contributed by atoms with van der Waals surface area (Å²) in [5.74, 6) is 0.0896. The second kappa shape index (κ2) is 7.27. The smallest absolute Gasteiger partial charge is 0.328 e. The van der Waals surface area contributed by atoms with Crippen LogP contribution in [0.5, 0.6) is 5.75 Å². The number of urea groups is 1. The summed E-state index contributed by atoms with van der Waals surface area (Å²) in [5, 5.41) is 4.58. The lowest BCUT2D eigenvalue weighted by molar-refractivity contribution is -0.153. The van der Waals surface area contributed by atoms with Crippen LogP contribution in [0.15, 0.2) is 30.7 Å². The third kappa shape index (κ3) is 2.86. The Morgan fingerprint density at radius 2 is 1.94 bits per heavy atom. The quantitative estimate of drug-likeness (QED) is 0.669. The van der Waals surface area contributed by atoms with Crippen molar-refractivity contribution in [2.24, 2.45) is 5.41 Å². The third-order valence-electron chi connectivity index (χ3n) is 6.45. The summed E-state index contributed by atoms with van der Waals surface area (Å²) >= 11 is 0. The van der Waals surface area contributed by atoms with Gasteiger partial charge >= 0.3 is 6.03 Å². The van der Waals surface area contributed by atoms with Crippen molar-refractivity contribution in [2.45, 2.75) is 38.5 Å². The molecular formula is C22H23N5O5. The monoisotopic (exact) mass is 437 g/mol. The molecule has 5 rings (SSSR count). The van der Waals surface area contributed by atoms with Crippen molar-refractivity contribution in [3.63, 3.8) is 0 Å². The molecule has 2 aromatic heterocycles. The van der Waals surface area contributed by atoms with Crippen molar-refractivity contribution in [3.8, 4) is 16.9 Å². The number of carbonyl (C=O) groups excluding carboxylic acids is 3. The molecule has 2 aromatic rings. The fourth-order valence-electron chi connectivity index (χ4n) is 5.23. The van der Waals surface area contributed by atoms with Crippen molar-refractivity contribution in [2.75, 3.05) is 18.6 Å². The number of morpholine rings is 1. The molecule has 4 amide bonds. The van der Waals surface area contributed by atoms with Crippen molar-refractivity contribution in [3.05, 3.63) is 36.3 Å². The Hall–Kier alpha value is -3.53. The second-order valence-electron chi connectivity index (χ2n) is 8.42. The average molecular weight is 437 g/mol. The van der Waals surface area contributed by atoms with E-state index in [1.807, 2.05) is 24.8 Å². The molecule has 2 saturated heterocycles. The van der Waals surface area contributed by atoms with Crippen LogP contribution in [0.1, 0.15) is 19.4 Å². The molecular weight excluding hydrogens is 414 g/mol. The topological polar surface area (TPSA) is 123 Å². The van der Waals surface area contributed by atoms with Gasteiger partial charge in [-0.15, -0.1) is 0 Å². The van der Waals surface area contributed by atoms with Gasteiger partial charge in [0, 0.05) is 42.7 Å². The number of anilines is 1. The summed E-state index contributed by atoms with van der Waals surface area (Å²) in [6.45, 7) is 4.24. The molecule has 0 radical (unpaired) electrons. The maximum atomic E-state index is 13.2. The van der Waals surface area contributed by atoms with Crippen molar-refractivity contribution in [1.29, 1.82) is 0 Å². The van der Waals surface area contributed by atoms with Gasteiger partial charge in [-0.25, -0.2) is 9.78 Å². The number of aromatic nitrogens is 2. The molecule has 3 aliphatic heterocycles. The first-order valence-corrected chi connectivity index (χ1v) is 10.4. The lowest BCUT2D eigenvalue weighted by Crippen LogP contribution is -2.75. The summed E-state index contributed by atoms with van der Waals surface area (Å²) in [5.41, 5.74) is 0.702. The van der Waals surface area contributed by atoms with Crippen LogP contribution < -0.4 is 20.3 Å². The number of pyridine rings is 2. The van der Waals surface area contributed by atoms with Crippen LogP contribution in [0.3, 0.4) is 0 Å². The number of nitrogens with zero attached hydrogens (tertiary/aromatic N) is 3. The van der Waals surface area contributed by atoms with Gasteiger partial charge in [-0.2, -0.15) is 0 Å². The first kappa shape index (κ1) is 20.4. The Bertz CT molecular complexity index is 1120. The zero-order valence-electron chi connectivity index (χ0n) is 17.9. The molecule has 3 aliphatic rings. The Morgan fingerprint density at radius 3 is 2.66 bits per heavy atom. The second-order valence-corrected chi connectivity index (χ2v) is 8.42. The largest absolute Gasteiger partial charge is 0.496 e. The molecule has 2 fully saturated rings. The van der Waals surface area contributed by atoms with E-state index in [1.54, 1.807) is 31.8 Å². The van der Waals surface area contributed by atoms with Gasteiger partial charge in [-0.3, -0.25) is 25.2 Å². The SMILES string of the molecule is COc1ccncc1-c1cnc2c(c1)CC1(C(=O)NC(=O)NC1=O)[C@H]1[C@H](C)O[C@H](C)CN21. The number of barbiturate groups is 1. The molecule has 5 heterocycles. The van der Waals surface area contributed by atoms with E-state index < -0.39 is 35.4 Å². The molecule has 166 valence electrons. The van der Waals surface area contributed by atoms with Gasteiger partial charge in [-0.05, 0) is 31.5 Å². The lowest BCUT2D eigenvalue weighted by atomic mass is 9.67. The Labute approximate surface area is 184 Å². The highest BCUT2D eigenvalue weighted by atomic mass is 16.5. The highest BCUT2D eigenvalue weighted by Crippen LogP contribution is 2.46. The Balaban J connectivity index is 1.68. The van der Waals surface area contributed by atoms with Gasteiger partial charge in [0.25, 0.3) is 0 Å². The van der Waals surface area contributed by atoms with Gasteiger partial charge < -0.3 is 14.4 Å². The van der Waals surface area contributed by atoms with E-state index in [2.05, 4.69) is 15.6 Å². The van der Waals surface area contributed by atoms with Crippen LogP contribution >= 0.6 is 0 Å². The van der Waals surface area contributed by atoms with E-state index in [0.717, 1.165) is 16.7 Å². The van der Waals surface area contributed by atoms with Gasteiger partial charge in [0.15, 0.2) is 5.41 Å². The molecule has 0 aliphatic carbocycles. The maximum Gasteiger partial charge on any atom is 0.328 e. The molecule has 1 spiro atoms. The minimum atomic E-state index is -1.53. The number of imide groups is 2. The summed E-state index contributed by atoms with van der Waals surface area (Å²) in [6, 6.07) is 2.24. The highest BCUT2D eigenvalue weighted by Gasteiger charge is 2.63. The summed E-state index contributed by atoms with van der Waals surface area (Å²) < 4.78 is 11.5. The zero-order valence-corrected chi connectivity index (χ0v) is 17.9. The minimum Gasteiger partial charge on any atom is -0.496 e. The van der Waals surface area contributed by atoms with E-state index in [1.165, 1.54) is 0 Å². The van der Waals surface area contributed by atoms with Crippen molar-refractivity contribution in [1.82, 2.24) is 20.6 Å². The number of rotatable bonds is 2. The van der Waals surface area contributed by atoms with Crippen molar-refractivity contribution < 1.29 is 23.9 Å².